The van der Waals surface area contributed by atoms with Crippen LogP contribution in [0.25, 0.3) is 0 Å². The van der Waals surface area contributed by atoms with Crippen molar-refractivity contribution in [2.75, 3.05) is 32.0 Å². The Morgan fingerprint density at radius 1 is 1.23 bits per heavy atom. The highest BCUT2D eigenvalue weighted by molar-refractivity contribution is 5.87. The van der Waals surface area contributed by atoms with E-state index in [0.29, 0.717) is 11.9 Å². The molecule has 22 heavy (non-hydrogen) atoms. The van der Waals surface area contributed by atoms with E-state index in [9.17, 15) is 4.79 Å². The number of carbonyl (C=O) groups excluding carboxylic acids is 1. The SMILES string of the molecule is CCNc1ncc(CN2CCCC23CCCN(C)C3=O)cn1. The molecule has 1 aromatic heterocycles. The van der Waals surface area contributed by atoms with Gasteiger partial charge in [0.05, 0.1) is 0 Å². The third-order valence-corrected chi connectivity index (χ3v) is 4.87. The predicted octanol–water partition coefficient (Wildman–Crippen LogP) is 1.50. The minimum atomic E-state index is -0.284. The standard InChI is InChI=1S/C16H25N5O/c1-3-17-15-18-10-13(11-19-15)12-21-9-5-7-16(21)6-4-8-20(2)14(16)22/h10-11H,3-9,12H2,1-2H3,(H,17,18,19). The van der Waals surface area contributed by atoms with E-state index in [1.54, 1.807) is 0 Å². The van der Waals surface area contributed by atoms with Crippen LogP contribution < -0.4 is 5.32 Å². The second-order valence-corrected chi connectivity index (χ2v) is 6.33. The summed E-state index contributed by atoms with van der Waals surface area (Å²) in [4.78, 5) is 25.6. The smallest absolute Gasteiger partial charge is 0.242 e. The summed E-state index contributed by atoms with van der Waals surface area (Å²) in [5.41, 5.74) is 0.789. The van der Waals surface area contributed by atoms with E-state index < -0.39 is 0 Å². The first-order valence-corrected chi connectivity index (χ1v) is 8.21. The average molecular weight is 303 g/mol. The summed E-state index contributed by atoms with van der Waals surface area (Å²) in [6.45, 7) is 5.46. The maximum Gasteiger partial charge on any atom is 0.242 e. The van der Waals surface area contributed by atoms with Crippen molar-refractivity contribution in [1.82, 2.24) is 19.8 Å². The molecule has 2 aliphatic heterocycles. The summed E-state index contributed by atoms with van der Waals surface area (Å²) < 4.78 is 0. The molecule has 3 rings (SSSR count). The molecule has 3 heterocycles. The van der Waals surface area contributed by atoms with E-state index >= 15 is 0 Å². The summed E-state index contributed by atoms with van der Waals surface area (Å²) in [5, 5.41) is 3.10. The van der Waals surface area contributed by atoms with Crippen LogP contribution in [0, 0.1) is 0 Å². The molecular formula is C16H25N5O. The maximum absolute atomic E-state index is 12.7. The number of likely N-dealkylation sites (tertiary alicyclic amines) is 2. The molecule has 1 atom stereocenters. The van der Waals surface area contributed by atoms with E-state index in [1.165, 1.54) is 0 Å². The van der Waals surface area contributed by atoms with Gasteiger partial charge in [-0.3, -0.25) is 9.69 Å². The lowest BCUT2D eigenvalue weighted by atomic mass is 9.85. The van der Waals surface area contributed by atoms with Crippen molar-refractivity contribution in [2.24, 2.45) is 0 Å². The predicted molar refractivity (Wildman–Crippen MR) is 85.4 cm³/mol. The molecule has 2 saturated heterocycles. The van der Waals surface area contributed by atoms with Crippen LogP contribution in [0.4, 0.5) is 5.95 Å². The summed E-state index contributed by atoms with van der Waals surface area (Å²) in [6.07, 6.45) is 7.88. The zero-order chi connectivity index (χ0) is 15.6. The lowest BCUT2D eigenvalue weighted by Crippen LogP contribution is -2.58. The van der Waals surface area contributed by atoms with Gasteiger partial charge in [-0.15, -0.1) is 0 Å². The van der Waals surface area contributed by atoms with Gasteiger partial charge in [0, 0.05) is 44.6 Å². The number of aromatic nitrogens is 2. The maximum atomic E-state index is 12.7. The van der Waals surface area contributed by atoms with Gasteiger partial charge in [-0.25, -0.2) is 9.97 Å². The number of piperidine rings is 1. The molecule has 0 radical (unpaired) electrons. The monoisotopic (exact) mass is 303 g/mol. The van der Waals surface area contributed by atoms with Crippen molar-refractivity contribution < 1.29 is 4.79 Å². The molecular weight excluding hydrogens is 278 g/mol. The fourth-order valence-corrected chi connectivity index (χ4v) is 3.77. The Hall–Kier alpha value is -1.69. The third-order valence-electron chi connectivity index (χ3n) is 4.87. The number of amides is 1. The zero-order valence-electron chi connectivity index (χ0n) is 13.5. The van der Waals surface area contributed by atoms with Crippen LogP contribution >= 0.6 is 0 Å². The molecule has 6 nitrogen and oxygen atoms in total. The Morgan fingerprint density at radius 3 is 2.59 bits per heavy atom. The van der Waals surface area contributed by atoms with Gasteiger partial charge in [0.15, 0.2) is 0 Å². The minimum absolute atomic E-state index is 0.284. The highest BCUT2D eigenvalue weighted by Crippen LogP contribution is 2.38. The fraction of sp³-hybridized carbons (Fsp3) is 0.688. The summed E-state index contributed by atoms with van der Waals surface area (Å²) >= 11 is 0. The van der Waals surface area contributed by atoms with E-state index in [2.05, 4.69) is 20.2 Å². The molecule has 1 N–H and O–H groups in total. The fourth-order valence-electron chi connectivity index (χ4n) is 3.77. The largest absolute Gasteiger partial charge is 0.355 e. The molecule has 0 aromatic carbocycles. The Balaban J connectivity index is 1.74. The first-order valence-electron chi connectivity index (χ1n) is 8.21. The normalized spacial score (nSPS) is 25.9. The Bertz CT molecular complexity index is 532. The molecule has 1 unspecified atom stereocenters. The van der Waals surface area contributed by atoms with Crippen LogP contribution in [0.15, 0.2) is 12.4 Å². The number of carbonyl (C=O) groups is 1. The number of nitrogens with zero attached hydrogens (tertiary/aromatic N) is 4. The van der Waals surface area contributed by atoms with Gasteiger partial charge in [0.2, 0.25) is 11.9 Å². The van der Waals surface area contributed by atoms with Crippen LogP contribution in [0.1, 0.15) is 38.2 Å². The number of anilines is 1. The second-order valence-electron chi connectivity index (χ2n) is 6.33. The Morgan fingerprint density at radius 2 is 1.91 bits per heavy atom. The number of nitrogens with one attached hydrogen (secondary N) is 1. The molecule has 0 bridgehead atoms. The number of rotatable bonds is 4. The van der Waals surface area contributed by atoms with Gasteiger partial charge in [0.25, 0.3) is 0 Å². The van der Waals surface area contributed by atoms with Crippen molar-refractivity contribution in [1.29, 1.82) is 0 Å². The minimum Gasteiger partial charge on any atom is -0.355 e. The lowest BCUT2D eigenvalue weighted by molar-refractivity contribution is -0.146. The topological polar surface area (TPSA) is 61.4 Å². The first-order chi connectivity index (χ1) is 10.7. The van der Waals surface area contributed by atoms with Gasteiger partial charge in [-0.05, 0) is 39.2 Å². The van der Waals surface area contributed by atoms with Gasteiger partial charge < -0.3 is 10.2 Å². The average Bonchev–Trinajstić information content (AvgIpc) is 2.91. The van der Waals surface area contributed by atoms with E-state index in [1.807, 2.05) is 31.3 Å². The first kappa shape index (κ1) is 15.2. The molecule has 6 heteroatoms. The summed E-state index contributed by atoms with van der Waals surface area (Å²) in [6, 6.07) is 0. The van der Waals surface area contributed by atoms with Crippen molar-refractivity contribution in [3.05, 3.63) is 18.0 Å². The molecule has 120 valence electrons. The van der Waals surface area contributed by atoms with Crippen LogP contribution in [0.3, 0.4) is 0 Å². The molecule has 0 saturated carbocycles. The lowest BCUT2D eigenvalue weighted by Gasteiger charge is -2.43. The van der Waals surface area contributed by atoms with Crippen LogP contribution in [0.5, 0.6) is 0 Å². The second kappa shape index (κ2) is 6.20. The number of likely N-dealkylation sites (N-methyl/N-ethyl adjacent to an activating group) is 1. The van der Waals surface area contributed by atoms with Crippen LogP contribution in [-0.2, 0) is 11.3 Å². The number of hydrogen-bond acceptors (Lipinski definition) is 5. The summed E-state index contributed by atoms with van der Waals surface area (Å²) in [5.74, 6) is 0.956. The van der Waals surface area contributed by atoms with Crippen LogP contribution in [0.2, 0.25) is 0 Å². The number of hydrogen-bond donors (Lipinski definition) is 1. The van der Waals surface area contributed by atoms with E-state index in [0.717, 1.165) is 57.4 Å². The van der Waals surface area contributed by atoms with Crippen molar-refractivity contribution in [2.45, 2.75) is 44.7 Å². The molecule has 0 aliphatic carbocycles. The van der Waals surface area contributed by atoms with Gasteiger partial charge in [-0.1, -0.05) is 0 Å². The van der Waals surface area contributed by atoms with E-state index in [-0.39, 0.29) is 5.54 Å². The van der Waals surface area contributed by atoms with Gasteiger partial charge >= 0.3 is 0 Å². The van der Waals surface area contributed by atoms with Crippen LogP contribution in [-0.4, -0.2) is 57.9 Å². The third kappa shape index (κ3) is 2.67. The highest BCUT2D eigenvalue weighted by Gasteiger charge is 2.49. The molecule has 1 aromatic rings. The van der Waals surface area contributed by atoms with Crippen molar-refractivity contribution in [3.8, 4) is 0 Å². The summed E-state index contributed by atoms with van der Waals surface area (Å²) in [7, 11) is 1.92. The quantitative estimate of drug-likeness (QED) is 0.913. The highest BCUT2D eigenvalue weighted by atomic mass is 16.2. The molecule has 2 fully saturated rings. The van der Waals surface area contributed by atoms with Gasteiger partial charge in [0.1, 0.15) is 5.54 Å². The van der Waals surface area contributed by atoms with E-state index in [4.69, 9.17) is 0 Å². The molecule has 1 amide bonds. The molecule has 2 aliphatic rings. The zero-order valence-corrected chi connectivity index (χ0v) is 13.5. The molecule has 1 spiro atoms. The van der Waals surface area contributed by atoms with Crippen molar-refractivity contribution >= 4 is 11.9 Å². The van der Waals surface area contributed by atoms with Crippen molar-refractivity contribution in [3.63, 3.8) is 0 Å². The Kier molecular flexibility index (Phi) is 4.29. The Labute approximate surface area is 131 Å². The van der Waals surface area contributed by atoms with Gasteiger partial charge in [-0.2, -0.15) is 0 Å².